The third kappa shape index (κ3) is 3.44. The predicted molar refractivity (Wildman–Crippen MR) is 82.4 cm³/mol. The molecule has 1 atom stereocenters. The van der Waals surface area contributed by atoms with Crippen LogP contribution in [0.2, 0.25) is 5.02 Å². The van der Waals surface area contributed by atoms with Crippen LogP contribution in [0.15, 0.2) is 30.6 Å². The zero-order chi connectivity index (χ0) is 15.4. The highest BCUT2D eigenvalue weighted by atomic mass is 35.5. The molecule has 0 aliphatic carbocycles. The van der Waals surface area contributed by atoms with Crippen molar-refractivity contribution >= 4 is 17.5 Å². The van der Waals surface area contributed by atoms with Crippen LogP contribution < -0.4 is 0 Å². The molecule has 2 aromatic rings. The van der Waals surface area contributed by atoms with Crippen molar-refractivity contribution in [2.45, 2.75) is 31.7 Å². The van der Waals surface area contributed by atoms with E-state index in [0.29, 0.717) is 18.9 Å². The van der Waals surface area contributed by atoms with Gasteiger partial charge in [-0.25, -0.2) is 4.68 Å². The number of amides is 1. The van der Waals surface area contributed by atoms with Crippen LogP contribution in [0.4, 0.5) is 0 Å². The van der Waals surface area contributed by atoms with Crippen LogP contribution >= 0.6 is 11.6 Å². The Labute approximate surface area is 134 Å². The zero-order valence-corrected chi connectivity index (χ0v) is 13.0. The molecule has 1 aliphatic rings. The number of nitrogens with zero attached hydrogens (tertiary/aromatic N) is 5. The van der Waals surface area contributed by atoms with Gasteiger partial charge in [0.05, 0.1) is 0 Å². The van der Waals surface area contributed by atoms with Crippen molar-refractivity contribution in [3.05, 3.63) is 41.2 Å². The molecule has 1 amide bonds. The number of hydrogen-bond acceptors (Lipinski definition) is 4. The summed E-state index contributed by atoms with van der Waals surface area (Å²) in [6.45, 7) is 2.23. The summed E-state index contributed by atoms with van der Waals surface area (Å²) in [6, 6.07) is 7.90. The molecule has 0 N–H and O–H groups in total. The van der Waals surface area contributed by atoms with Crippen molar-refractivity contribution in [3.8, 4) is 0 Å². The molecule has 1 aliphatic heterocycles. The highest BCUT2D eigenvalue weighted by molar-refractivity contribution is 6.31. The van der Waals surface area contributed by atoms with E-state index in [1.54, 1.807) is 11.0 Å². The van der Waals surface area contributed by atoms with E-state index in [1.807, 2.05) is 23.1 Å². The fraction of sp³-hybridized carbons (Fsp3) is 0.467. The SMILES string of the molecule is O=C(CCCn1cnnn1)N1CC[C@@H](c2ccccc2Cl)C1. The van der Waals surface area contributed by atoms with Crippen molar-refractivity contribution in [1.29, 1.82) is 0 Å². The first-order chi connectivity index (χ1) is 10.7. The number of likely N-dealkylation sites (tertiary alicyclic amines) is 1. The standard InChI is InChI=1S/C15H18ClN5O/c16-14-5-2-1-4-13(14)12-7-9-20(10-12)15(22)6-3-8-21-11-17-18-19-21/h1-2,4-5,11-12H,3,6-10H2/t12-/m1/s1. The first kappa shape index (κ1) is 15.0. The van der Waals surface area contributed by atoms with E-state index >= 15 is 0 Å². The Kier molecular flexibility index (Phi) is 4.68. The summed E-state index contributed by atoms with van der Waals surface area (Å²) in [7, 11) is 0. The van der Waals surface area contributed by atoms with E-state index in [-0.39, 0.29) is 5.91 Å². The molecule has 3 rings (SSSR count). The Hall–Kier alpha value is -1.95. The topological polar surface area (TPSA) is 63.9 Å². The number of benzene rings is 1. The Balaban J connectivity index is 1.49. The summed E-state index contributed by atoms with van der Waals surface area (Å²) in [5, 5.41) is 11.7. The van der Waals surface area contributed by atoms with Crippen molar-refractivity contribution in [2.24, 2.45) is 0 Å². The Morgan fingerprint density at radius 3 is 3.00 bits per heavy atom. The van der Waals surface area contributed by atoms with Gasteiger partial charge in [0, 0.05) is 37.0 Å². The largest absolute Gasteiger partial charge is 0.342 e. The minimum atomic E-state index is 0.197. The second kappa shape index (κ2) is 6.87. The van der Waals surface area contributed by atoms with Gasteiger partial charge in [0.25, 0.3) is 0 Å². The van der Waals surface area contributed by atoms with E-state index in [1.165, 1.54) is 0 Å². The lowest BCUT2D eigenvalue weighted by Gasteiger charge is -2.17. The van der Waals surface area contributed by atoms with Crippen LogP contribution in [0, 0.1) is 0 Å². The maximum Gasteiger partial charge on any atom is 0.222 e. The highest BCUT2D eigenvalue weighted by Gasteiger charge is 2.27. The Morgan fingerprint density at radius 2 is 2.23 bits per heavy atom. The molecule has 0 saturated carbocycles. The van der Waals surface area contributed by atoms with Crippen LogP contribution in [0.1, 0.15) is 30.7 Å². The molecule has 0 bridgehead atoms. The maximum absolute atomic E-state index is 12.3. The normalized spacial score (nSPS) is 17.9. The average Bonchev–Trinajstić information content (AvgIpc) is 3.19. The Bertz CT molecular complexity index is 631. The summed E-state index contributed by atoms with van der Waals surface area (Å²) < 4.78 is 1.64. The lowest BCUT2D eigenvalue weighted by atomic mass is 9.98. The van der Waals surface area contributed by atoms with Gasteiger partial charge in [-0.15, -0.1) is 5.10 Å². The second-order valence-corrected chi connectivity index (χ2v) is 5.93. The first-order valence-electron chi connectivity index (χ1n) is 7.47. The molecule has 1 saturated heterocycles. The number of carbonyl (C=O) groups excluding carboxylic acids is 1. The van der Waals surface area contributed by atoms with Gasteiger partial charge in [0.15, 0.2) is 0 Å². The summed E-state index contributed by atoms with van der Waals surface area (Å²) in [4.78, 5) is 14.2. The molecule has 0 radical (unpaired) electrons. The lowest BCUT2D eigenvalue weighted by molar-refractivity contribution is -0.130. The number of carbonyl (C=O) groups is 1. The van der Waals surface area contributed by atoms with Gasteiger partial charge in [0.1, 0.15) is 6.33 Å². The molecule has 6 nitrogen and oxygen atoms in total. The first-order valence-corrected chi connectivity index (χ1v) is 7.85. The van der Waals surface area contributed by atoms with Crippen molar-refractivity contribution in [3.63, 3.8) is 0 Å². The molecule has 1 aromatic carbocycles. The molecule has 7 heteroatoms. The van der Waals surface area contributed by atoms with Gasteiger partial charge in [-0.05, 0) is 34.9 Å². The van der Waals surface area contributed by atoms with Gasteiger partial charge in [0.2, 0.25) is 5.91 Å². The molecule has 0 spiro atoms. The number of aryl methyl sites for hydroxylation is 1. The molecule has 1 fully saturated rings. The fourth-order valence-electron chi connectivity index (χ4n) is 2.88. The van der Waals surface area contributed by atoms with Crippen LogP contribution in [-0.2, 0) is 11.3 Å². The molecular weight excluding hydrogens is 302 g/mol. The summed E-state index contributed by atoms with van der Waals surface area (Å²) in [5.74, 6) is 0.541. The quantitative estimate of drug-likeness (QED) is 0.847. The number of aromatic nitrogens is 4. The van der Waals surface area contributed by atoms with Crippen LogP contribution in [-0.4, -0.2) is 44.1 Å². The monoisotopic (exact) mass is 319 g/mol. The molecule has 1 aromatic heterocycles. The molecule has 116 valence electrons. The van der Waals surface area contributed by atoms with E-state index in [4.69, 9.17) is 11.6 Å². The molecular formula is C15H18ClN5O. The van der Waals surface area contributed by atoms with Gasteiger partial charge >= 0.3 is 0 Å². The smallest absolute Gasteiger partial charge is 0.222 e. The molecule has 22 heavy (non-hydrogen) atoms. The van der Waals surface area contributed by atoms with Gasteiger partial charge < -0.3 is 4.90 Å². The highest BCUT2D eigenvalue weighted by Crippen LogP contribution is 2.32. The Morgan fingerprint density at radius 1 is 1.36 bits per heavy atom. The molecule has 2 heterocycles. The van der Waals surface area contributed by atoms with Crippen molar-refractivity contribution < 1.29 is 4.79 Å². The van der Waals surface area contributed by atoms with Crippen LogP contribution in [0.25, 0.3) is 0 Å². The number of halogens is 1. The number of tetrazole rings is 1. The molecule has 0 unspecified atom stereocenters. The van der Waals surface area contributed by atoms with E-state index in [9.17, 15) is 4.79 Å². The van der Waals surface area contributed by atoms with Crippen LogP contribution in [0.3, 0.4) is 0 Å². The zero-order valence-electron chi connectivity index (χ0n) is 12.2. The van der Waals surface area contributed by atoms with Gasteiger partial charge in [-0.2, -0.15) is 0 Å². The van der Waals surface area contributed by atoms with Gasteiger partial charge in [-0.3, -0.25) is 4.79 Å². The van der Waals surface area contributed by atoms with E-state index in [2.05, 4.69) is 21.6 Å². The van der Waals surface area contributed by atoms with Crippen molar-refractivity contribution in [1.82, 2.24) is 25.1 Å². The average molecular weight is 320 g/mol. The second-order valence-electron chi connectivity index (χ2n) is 5.52. The number of rotatable bonds is 5. The van der Waals surface area contributed by atoms with Crippen LogP contribution in [0.5, 0.6) is 0 Å². The maximum atomic E-state index is 12.3. The summed E-state index contributed by atoms with van der Waals surface area (Å²) in [6.07, 6.45) is 3.81. The summed E-state index contributed by atoms with van der Waals surface area (Å²) in [5.41, 5.74) is 1.15. The minimum Gasteiger partial charge on any atom is -0.342 e. The van der Waals surface area contributed by atoms with E-state index < -0.39 is 0 Å². The van der Waals surface area contributed by atoms with Crippen molar-refractivity contribution in [2.75, 3.05) is 13.1 Å². The number of hydrogen-bond donors (Lipinski definition) is 0. The van der Waals surface area contributed by atoms with E-state index in [0.717, 1.165) is 36.5 Å². The fourth-order valence-corrected chi connectivity index (χ4v) is 3.17. The summed E-state index contributed by atoms with van der Waals surface area (Å²) >= 11 is 6.25. The third-order valence-corrected chi connectivity index (χ3v) is 4.40. The lowest BCUT2D eigenvalue weighted by Crippen LogP contribution is -2.28. The third-order valence-electron chi connectivity index (χ3n) is 4.06. The minimum absolute atomic E-state index is 0.197. The van der Waals surface area contributed by atoms with Gasteiger partial charge in [-0.1, -0.05) is 29.8 Å². The predicted octanol–water partition coefficient (Wildman–Crippen LogP) is 2.12.